The Morgan fingerprint density at radius 2 is 1.75 bits per heavy atom. The monoisotopic (exact) mass is 489 g/mol. The molecule has 4 aromatic rings. The van der Waals surface area contributed by atoms with Crippen molar-refractivity contribution in [3.8, 4) is 22.6 Å². The fourth-order valence-corrected chi connectivity index (χ4v) is 4.48. The largest absolute Gasteiger partial charge is 0.457 e. The number of carbonyl (C=O) groups excluding carboxylic acids is 1. The summed E-state index contributed by atoms with van der Waals surface area (Å²) < 4.78 is 29.0. The first-order valence-corrected chi connectivity index (χ1v) is 11.8. The first kappa shape index (κ1) is 23.6. The van der Waals surface area contributed by atoms with Gasteiger partial charge in [-0.3, -0.25) is 4.57 Å². The fraction of sp³-hybridized carbons (Fsp3) is 0.296. The van der Waals surface area contributed by atoms with E-state index in [2.05, 4.69) is 9.97 Å². The molecule has 0 aliphatic carbocycles. The van der Waals surface area contributed by atoms with E-state index in [1.165, 1.54) is 10.9 Å². The van der Waals surface area contributed by atoms with Gasteiger partial charge in [-0.15, -0.1) is 0 Å². The standard InChI is InChI=1S/C27H28FN5O3/c1-27(2,3)36-26(34)32-14-13-18(15-32)33-23(28)21(22-24(29)30-16-31-25(22)33)17-9-11-20(12-10-17)35-19-7-5-4-6-8-19/h4-12,16,18H,13-15H2,1-3H3,(H2,29,30,31). The predicted molar refractivity (Wildman–Crippen MR) is 135 cm³/mol. The number of carbonyl (C=O) groups is 1. The van der Waals surface area contributed by atoms with Crippen molar-refractivity contribution < 1.29 is 18.7 Å². The Labute approximate surface area is 208 Å². The van der Waals surface area contributed by atoms with Gasteiger partial charge in [-0.1, -0.05) is 30.3 Å². The Morgan fingerprint density at radius 3 is 2.44 bits per heavy atom. The maximum absolute atomic E-state index is 16.1. The lowest BCUT2D eigenvalue weighted by molar-refractivity contribution is 0.0288. The lowest BCUT2D eigenvalue weighted by atomic mass is 10.1. The molecule has 3 heterocycles. The summed E-state index contributed by atoms with van der Waals surface area (Å²) in [5.41, 5.74) is 6.95. The summed E-state index contributed by atoms with van der Waals surface area (Å²) in [6, 6.07) is 16.2. The Bertz CT molecular complexity index is 1400. The number of anilines is 1. The van der Waals surface area contributed by atoms with Gasteiger partial charge in [-0.2, -0.15) is 4.39 Å². The molecular weight excluding hydrogens is 461 g/mol. The Kier molecular flexibility index (Phi) is 5.99. The number of fused-ring (bicyclic) bond motifs is 1. The van der Waals surface area contributed by atoms with Crippen LogP contribution in [0.2, 0.25) is 0 Å². The van der Waals surface area contributed by atoms with Crippen LogP contribution in [-0.2, 0) is 4.74 Å². The molecule has 1 aliphatic heterocycles. The number of nitrogens with zero attached hydrogens (tertiary/aromatic N) is 4. The van der Waals surface area contributed by atoms with Crippen molar-refractivity contribution in [1.82, 2.24) is 19.4 Å². The van der Waals surface area contributed by atoms with E-state index in [1.807, 2.05) is 51.1 Å². The minimum absolute atomic E-state index is 0.194. The van der Waals surface area contributed by atoms with Crippen molar-refractivity contribution >= 4 is 22.9 Å². The zero-order chi connectivity index (χ0) is 25.4. The minimum Gasteiger partial charge on any atom is -0.457 e. The summed E-state index contributed by atoms with van der Waals surface area (Å²) in [6.07, 6.45) is 1.48. The molecule has 1 atom stereocenters. The van der Waals surface area contributed by atoms with Crippen LogP contribution in [0.25, 0.3) is 22.2 Å². The Morgan fingerprint density at radius 1 is 1.06 bits per heavy atom. The molecule has 0 radical (unpaired) electrons. The zero-order valence-corrected chi connectivity index (χ0v) is 20.4. The van der Waals surface area contributed by atoms with Gasteiger partial charge in [0.05, 0.1) is 11.4 Å². The minimum atomic E-state index is -0.605. The smallest absolute Gasteiger partial charge is 0.410 e. The van der Waals surface area contributed by atoms with Crippen molar-refractivity contribution in [2.75, 3.05) is 18.8 Å². The van der Waals surface area contributed by atoms with Gasteiger partial charge in [0.15, 0.2) is 0 Å². The molecule has 186 valence electrons. The number of nitrogens with two attached hydrogens (primary N) is 1. The molecule has 1 saturated heterocycles. The van der Waals surface area contributed by atoms with Crippen molar-refractivity contribution in [2.24, 2.45) is 0 Å². The van der Waals surface area contributed by atoms with Gasteiger partial charge in [0.25, 0.3) is 0 Å². The van der Waals surface area contributed by atoms with Crippen molar-refractivity contribution in [3.63, 3.8) is 0 Å². The molecule has 1 fully saturated rings. The van der Waals surface area contributed by atoms with Crippen LogP contribution in [0.4, 0.5) is 15.0 Å². The Balaban J connectivity index is 1.48. The first-order chi connectivity index (χ1) is 17.2. The van der Waals surface area contributed by atoms with Gasteiger partial charge < -0.3 is 20.1 Å². The highest BCUT2D eigenvalue weighted by molar-refractivity contribution is 6.01. The molecule has 0 bridgehead atoms. The summed E-state index contributed by atoms with van der Waals surface area (Å²) in [7, 11) is 0. The fourth-order valence-electron chi connectivity index (χ4n) is 4.48. The number of aromatic nitrogens is 3. The third-order valence-corrected chi connectivity index (χ3v) is 6.05. The van der Waals surface area contributed by atoms with Gasteiger partial charge in [0.1, 0.15) is 34.9 Å². The van der Waals surface area contributed by atoms with Gasteiger partial charge in [-0.25, -0.2) is 14.8 Å². The third-order valence-electron chi connectivity index (χ3n) is 6.05. The molecule has 2 N–H and O–H groups in total. The molecule has 0 spiro atoms. The molecule has 1 amide bonds. The SMILES string of the molecule is CC(C)(C)OC(=O)N1CCC(n2c(F)c(-c3ccc(Oc4ccccc4)cc3)c3c(N)ncnc32)C1. The van der Waals surface area contributed by atoms with Crippen LogP contribution in [0.5, 0.6) is 11.5 Å². The van der Waals surface area contributed by atoms with E-state index in [9.17, 15) is 4.79 Å². The number of ether oxygens (including phenoxy) is 2. The summed E-state index contributed by atoms with van der Waals surface area (Å²) in [4.78, 5) is 22.6. The maximum atomic E-state index is 16.1. The second-order valence-corrected chi connectivity index (χ2v) is 9.80. The van der Waals surface area contributed by atoms with Crippen LogP contribution in [0.15, 0.2) is 60.9 Å². The van der Waals surface area contributed by atoms with E-state index in [0.29, 0.717) is 53.2 Å². The average molecular weight is 490 g/mol. The number of halogens is 1. The number of para-hydroxylation sites is 1. The number of hydrogen-bond donors (Lipinski definition) is 1. The van der Waals surface area contributed by atoms with Crippen LogP contribution in [0.1, 0.15) is 33.2 Å². The second-order valence-electron chi connectivity index (χ2n) is 9.80. The van der Waals surface area contributed by atoms with Gasteiger partial charge in [0, 0.05) is 18.7 Å². The topological polar surface area (TPSA) is 95.5 Å². The van der Waals surface area contributed by atoms with Crippen LogP contribution >= 0.6 is 0 Å². The van der Waals surface area contributed by atoms with Crippen LogP contribution < -0.4 is 10.5 Å². The molecule has 1 aliphatic rings. The number of nitrogen functional groups attached to an aromatic ring is 1. The van der Waals surface area contributed by atoms with E-state index >= 15 is 4.39 Å². The molecule has 2 aromatic carbocycles. The maximum Gasteiger partial charge on any atom is 0.410 e. The molecule has 1 unspecified atom stereocenters. The first-order valence-electron chi connectivity index (χ1n) is 11.8. The van der Waals surface area contributed by atoms with E-state index < -0.39 is 17.6 Å². The molecule has 9 heteroatoms. The quantitative estimate of drug-likeness (QED) is 0.390. The number of rotatable bonds is 4. The zero-order valence-electron chi connectivity index (χ0n) is 20.4. The second kappa shape index (κ2) is 9.14. The van der Waals surface area contributed by atoms with E-state index in [0.717, 1.165) is 0 Å². The lowest BCUT2D eigenvalue weighted by Crippen LogP contribution is -2.35. The van der Waals surface area contributed by atoms with E-state index in [-0.39, 0.29) is 11.9 Å². The number of likely N-dealkylation sites (tertiary alicyclic amines) is 1. The van der Waals surface area contributed by atoms with Gasteiger partial charge in [0.2, 0.25) is 5.95 Å². The van der Waals surface area contributed by atoms with Crippen LogP contribution in [0, 0.1) is 5.95 Å². The highest BCUT2D eigenvalue weighted by Crippen LogP contribution is 2.40. The molecule has 0 saturated carbocycles. The summed E-state index contributed by atoms with van der Waals surface area (Å²) in [5.74, 6) is 1.06. The van der Waals surface area contributed by atoms with Crippen molar-refractivity contribution in [3.05, 3.63) is 66.9 Å². The summed E-state index contributed by atoms with van der Waals surface area (Å²) >= 11 is 0. The molecule has 5 rings (SSSR count). The van der Waals surface area contributed by atoms with Crippen molar-refractivity contribution in [1.29, 1.82) is 0 Å². The lowest BCUT2D eigenvalue weighted by Gasteiger charge is -2.24. The third kappa shape index (κ3) is 4.56. The number of hydrogen-bond acceptors (Lipinski definition) is 6. The number of benzene rings is 2. The molecule has 36 heavy (non-hydrogen) atoms. The molecular formula is C27H28FN5O3. The highest BCUT2D eigenvalue weighted by Gasteiger charge is 2.34. The summed E-state index contributed by atoms with van der Waals surface area (Å²) in [5, 5.41) is 0.447. The van der Waals surface area contributed by atoms with E-state index in [4.69, 9.17) is 15.2 Å². The van der Waals surface area contributed by atoms with Gasteiger partial charge >= 0.3 is 6.09 Å². The normalized spacial score (nSPS) is 15.9. The van der Waals surface area contributed by atoms with E-state index in [1.54, 1.807) is 29.2 Å². The average Bonchev–Trinajstić information content (AvgIpc) is 3.42. The van der Waals surface area contributed by atoms with Crippen molar-refractivity contribution in [2.45, 2.75) is 38.8 Å². The summed E-state index contributed by atoms with van der Waals surface area (Å²) in [6.45, 7) is 6.22. The van der Waals surface area contributed by atoms with Crippen LogP contribution in [-0.4, -0.2) is 44.2 Å². The molecule has 8 nitrogen and oxygen atoms in total. The van der Waals surface area contributed by atoms with Gasteiger partial charge in [-0.05, 0) is 57.0 Å². The molecule has 2 aromatic heterocycles. The highest BCUT2D eigenvalue weighted by atomic mass is 19.1. The van der Waals surface area contributed by atoms with Crippen LogP contribution in [0.3, 0.4) is 0 Å². The number of amides is 1. The Hall–Kier alpha value is -4.14. The predicted octanol–water partition coefficient (Wildman–Crippen LogP) is 5.79.